The highest BCUT2D eigenvalue weighted by atomic mass is 79.9. The standard InChI is InChI=1S/C18H18BrN3/c19-14-8-7-13-6-5-12-3-1-2-4-15(12)17(16(13)11-14)22-18-20-9-10-21-18/h1-4,7-8,11,17H,5-6,9-10H2,(H2,20,21,22). The van der Waals surface area contributed by atoms with E-state index >= 15 is 0 Å². The first kappa shape index (κ1) is 13.8. The van der Waals surface area contributed by atoms with Crippen molar-refractivity contribution in [3.63, 3.8) is 0 Å². The lowest BCUT2D eigenvalue weighted by molar-refractivity contribution is 0.739. The summed E-state index contributed by atoms with van der Waals surface area (Å²) in [5.41, 5.74) is 5.54. The lowest BCUT2D eigenvalue weighted by Crippen LogP contribution is -2.37. The lowest BCUT2D eigenvalue weighted by Gasteiger charge is -2.23. The van der Waals surface area contributed by atoms with Crippen LogP contribution in [-0.4, -0.2) is 19.0 Å². The number of nitrogens with zero attached hydrogens (tertiary/aromatic N) is 1. The number of fused-ring (bicyclic) bond motifs is 2. The van der Waals surface area contributed by atoms with Gasteiger partial charge in [0, 0.05) is 11.0 Å². The van der Waals surface area contributed by atoms with E-state index in [-0.39, 0.29) is 6.04 Å². The second-order valence-electron chi connectivity index (χ2n) is 5.78. The van der Waals surface area contributed by atoms with Gasteiger partial charge in [-0.05, 0) is 47.2 Å². The Morgan fingerprint density at radius 3 is 2.68 bits per heavy atom. The zero-order valence-electron chi connectivity index (χ0n) is 12.3. The van der Waals surface area contributed by atoms with Crippen LogP contribution in [0.4, 0.5) is 0 Å². The third-order valence-electron chi connectivity index (χ3n) is 4.40. The van der Waals surface area contributed by atoms with Crippen LogP contribution in [0.2, 0.25) is 0 Å². The zero-order chi connectivity index (χ0) is 14.9. The molecule has 2 aromatic rings. The minimum Gasteiger partial charge on any atom is -0.355 e. The van der Waals surface area contributed by atoms with Crippen LogP contribution in [0, 0.1) is 0 Å². The summed E-state index contributed by atoms with van der Waals surface area (Å²) < 4.78 is 1.12. The fraction of sp³-hybridized carbons (Fsp3) is 0.278. The second-order valence-corrected chi connectivity index (χ2v) is 6.69. The Balaban J connectivity index is 1.83. The molecule has 0 radical (unpaired) electrons. The summed E-state index contributed by atoms with van der Waals surface area (Å²) >= 11 is 3.62. The number of nitrogens with one attached hydrogen (secondary N) is 2. The van der Waals surface area contributed by atoms with Crippen molar-refractivity contribution in [3.05, 3.63) is 69.2 Å². The third kappa shape index (κ3) is 2.52. The fourth-order valence-electron chi connectivity index (χ4n) is 3.33. The number of guanidine groups is 1. The number of halogens is 1. The van der Waals surface area contributed by atoms with Gasteiger partial charge in [-0.3, -0.25) is 4.99 Å². The van der Waals surface area contributed by atoms with Crippen molar-refractivity contribution in [2.45, 2.75) is 18.9 Å². The zero-order valence-corrected chi connectivity index (χ0v) is 13.9. The Morgan fingerprint density at radius 1 is 1.05 bits per heavy atom. The molecule has 2 N–H and O–H groups in total. The van der Waals surface area contributed by atoms with E-state index in [1.165, 1.54) is 22.3 Å². The molecule has 0 saturated heterocycles. The molecule has 0 bridgehead atoms. The average Bonchev–Trinajstić information content (AvgIpc) is 3.00. The van der Waals surface area contributed by atoms with Crippen LogP contribution >= 0.6 is 15.9 Å². The predicted octanol–water partition coefficient (Wildman–Crippen LogP) is 3.19. The van der Waals surface area contributed by atoms with Gasteiger partial charge in [-0.2, -0.15) is 0 Å². The highest BCUT2D eigenvalue weighted by Gasteiger charge is 2.25. The van der Waals surface area contributed by atoms with Crippen molar-refractivity contribution >= 4 is 21.9 Å². The second kappa shape index (κ2) is 5.76. The Morgan fingerprint density at radius 2 is 1.86 bits per heavy atom. The SMILES string of the molecule is Brc1ccc2c(c1)C(NC1=NCCN1)c1ccccc1CC2. The molecule has 0 fully saturated rings. The molecule has 1 aliphatic heterocycles. The van der Waals surface area contributed by atoms with E-state index in [1.54, 1.807) is 0 Å². The van der Waals surface area contributed by atoms with E-state index < -0.39 is 0 Å². The summed E-state index contributed by atoms with van der Waals surface area (Å²) in [4.78, 5) is 4.51. The van der Waals surface area contributed by atoms with E-state index in [0.717, 1.165) is 36.4 Å². The summed E-state index contributed by atoms with van der Waals surface area (Å²) in [5.74, 6) is 0.910. The molecule has 0 aromatic heterocycles. The van der Waals surface area contributed by atoms with Crippen molar-refractivity contribution in [3.8, 4) is 0 Å². The van der Waals surface area contributed by atoms with Crippen molar-refractivity contribution in [1.29, 1.82) is 0 Å². The van der Waals surface area contributed by atoms with Crippen LogP contribution < -0.4 is 10.6 Å². The molecule has 0 spiro atoms. The number of aryl methyl sites for hydroxylation is 2. The summed E-state index contributed by atoms with van der Waals surface area (Å²) in [6.07, 6.45) is 2.17. The largest absolute Gasteiger partial charge is 0.355 e. The highest BCUT2D eigenvalue weighted by Crippen LogP contribution is 2.34. The Bertz CT molecular complexity index is 739. The molecular formula is C18H18BrN3. The van der Waals surface area contributed by atoms with Crippen LogP contribution in [0.15, 0.2) is 51.9 Å². The molecule has 0 amide bonds. The molecule has 2 aliphatic rings. The summed E-state index contributed by atoms with van der Waals surface area (Å²) in [5, 5.41) is 6.94. The molecule has 112 valence electrons. The van der Waals surface area contributed by atoms with E-state index in [9.17, 15) is 0 Å². The number of benzene rings is 2. The molecule has 1 heterocycles. The van der Waals surface area contributed by atoms with Gasteiger partial charge >= 0.3 is 0 Å². The summed E-state index contributed by atoms with van der Waals surface area (Å²) in [6.45, 7) is 1.77. The molecule has 4 rings (SSSR count). The minimum atomic E-state index is 0.149. The van der Waals surface area contributed by atoms with Gasteiger partial charge in [0.1, 0.15) is 0 Å². The van der Waals surface area contributed by atoms with E-state index in [4.69, 9.17) is 0 Å². The maximum Gasteiger partial charge on any atom is 0.192 e. The first-order chi connectivity index (χ1) is 10.8. The van der Waals surface area contributed by atoms with E-state index in [0.29, 0.717) is 0 Å². The minimum absolute atomic E-state index is 0.149. The van der Waals surface area contributed by atoms with Crippen LogP contribution in [0.5, 0.6) is 0 Å². The molecule has 22 heavy (non-hydrogen) atoms. The van der Waals surface area contributed by atoms with Crippen LogP contribution in [0.25, 0.3) is 0 Å². The van der Waals surface area contributed by atoms with Crippen molar-refractivity contribution in [2.75, 3.05) is 13.1 Å². The Hall–Kier alpha value is -1.81. The van der Waals surface area contributed by atoms with Gasteiger partial charge < -0.3 is 10.6 Å². The number of hydrogen-bond donors (Lipinski definition) is 2. The molecule has 2 aromatic carbocycles. The Kier molecular flexibility index (Phi) is 3.62. The van der Waals surface area contributed by atoms with Crippen LogP contribution in [0.1, 0.15) is 28.3 Å². The summed E-state index contributed by atoms with van der Waals surface area (Å²) in [6, 6.07) is 15.5. The Labute approximate surface area is 139 Å². The van der Waals surface area contributed by atoms with Crippen molar-refractivity contribution in [1.82, 2.24) is 10.6 Å². The molecule has 3 nitrogen and oxygen atoms in total. The first-order valence-corrected chi connectivity index (χ1v) is 8.51. The van der Waals surface area contributed by atoms with E-state index in [2.05, 4.69) is 74.0 Å². The maximum atomic E-state index is 4.51. The smallest absolute Gasteiger partial charge is 0.192 e. The van der Waals surface area contributed by atoms with Crippen LogP contribution in [-0.2, 0) is 12.8 Å². The number of aliphatic imine (C=N–C) groups is 1. The topological polar surface area (TPSA) is 36.4 Å². The average molecular weight is 356 g/mol. The maximum absolute atomic E-state index is 4.51. The monoisotopic (exact) mass is 355 g/mol. The molecular weight excluding hydrogens is 338 g/mol. The number of rotatable bonds is 1. The molecule has 1 aliphatic carbocycles. The quantitative estimate of drug-likeness (QED) is 0.824. The lowest BCUT2D eigenvalue weighted by atomic mass is 9.95. The van der Waals surface area contributed by atoms with Gasteiger partial charge in [0.15, 0.2) is 5.96 Å². The predicted molar refractivity (Wildman–Crippen MR) is 93.3 cm³/mol. The molecule has 0 saturated carbocycles. The van der Waals surface area contributed by atoms with Gasteiger partial charge in [-0.1, -0.05) is 46.3 Å². The van der Waals surface area contributed by atoms with Gasteiger partial charge in [0.2, 0.25) is 0 Å². The fourth-order valence-corrected chi connectivity index (χ4v) is 3.71. The van der Waals surface area contributed by atoms with Gasteiger partial charge in [0.05, 0.1) is 12.6 Å². The summed E-state index contributed by atoms with van der Waals surface area (Å²) in [7, 11) is 0. The van der Waals surface area contributed by atoms with Crippen molar-refractivity contribution < 1.29 is 0 Å². The van der Waals surface area contributed by atoms with Gasteiger partial charge in [0.25, 0.3) is 0 Å². The highest BCUT2D eigenvalue weighted by molar-refractivity contribution is 9.10. The molecule has 1 atom stereocenters. The molecule has 1 unspecified atom stereocenters. The van der Waals surface area contributed by atoms with E-state index in [1.807, 2.05) is 0 Å². The third-order valence-corrected chi connectivity index (χ3v) is 4.90. The van der Waals surface area contributed by atoms with Crippen molar-refractivity contribution in [2.24, 2.45) is 4.99 Å². The molecule has 4 heteroatoms. The van der Waals surface area contributed by atoms with Gasteiger partial charge in [-0.25, -0.2) is 0 Å². The van der Waals surface area contributed by atoms with Gasteiger partial charge in [-0.15, -0.1) is 0 Å². The number of hydrogen-bond acceptors (Lipinski definition) is 3. The first-order valence-electron chi connectivity index (χ1n) is 7.72. The normalized spacial score (nSPS) is 19.5. The van der Waals surface area contributed by atoms with Crippen LogP contribution in [0.3, 0.4) is 0 Å².